The summed E-state index contributed by atoms with van der Waals surface area (Å²) in [6.45, 7) is 6.83. The molecule has 3 heterocycles. The molecule has 1 N–H and O–H groups in total. The lowest BCUT2D eigenvalue weighted by atomic mass is 10.3. The van der Waals surface area contributed by atoms with E-state index in [0.717, 1.165) is 44.5 Å². The lowest BCUT2D eigenvalue weighted by molar-refractivity contribution is 0.371. The lowest BCUT2D eigenvalue weighted by Crippen LogP contribution is -2.52. The molecule has 0 unspecified atom stereocenters. The number of hydrogen-bond acceptors (Lipinski definition) is 4. The number of rotatable bonds is 3. The number of thiophene rings is 1. The van der Waals surface area contributed by atoms with Crippen LogP contribution in [0.4, 0.5) is 5.82 Å². The fourth-order valence-electron chi connectivity index (χ4n) is 2.77. The summed E-state index contributed by atoms with van der Waals surface area (Å²) in [6, 6.07) is 10.4. The number of aryl methyl sites for hydroxylation is 1. The minimum absolute atomic E-state index is 0.839. The van der Waals surface area contributed by atoms with Gasteiger partial charge in [0.05, 0.1) is 6.54 Å². The van der Waals surface area contributed by atoms with Crippen LogP contribution in [0.25, 0.3) is 0 Å². The number of aliphatic imine (C=N–C) groups is 1. The van der Waals surface area contributed by atoms with E-state index in [9.17, 15) is 0 Å². The lowest BCUT2D eigenvalue weighted by Gasteiger charge is -2.37. The molecule has 23 heavy (non-hydrogen) atoms. The van der Waals surface area contributed by atoms with E-state index in [1.165, 1.54) is 9.75 Å². The zero-order valence-electron chi connectivity index (χ0n) is 13.7. The molecule has 2 aromatic heterocycles. The first-order valence-corrected chi connectivity index (χ1v) is 8.75. The van der Waals surface area contributed by atoms with Gasteiger partial charge in [-0.25, -0.2) is 4.98 Å². The van der Waals surface area contributed by atoms with Crippen LogP contribution in [0.1, 0.15) is 9.75 Å². The smallest absolute Gasteiger partial charge is 0.194 e. The number of nitrogens with one attached hydrogen (secondary N) is 1. The van der Waals surface area contributed by atoms with Crippen molar-refractivity contribution >= 4 is 23.1 Å². The molecule has 0 radical (unpaired) electrons. The fraction of sp³-hybridized carbons (Fsp3) is 0.412. The summed E-state index contributed by atoms with van der Waals surface area (Å²) in [5, 5.41) is 3.48. The summed E-state index contributed by atoms with van der Waals surface area (Å²) >= 11 is 1.83. The fourth-order valence-corrected chi connectivity index (χ4v) is 3.60. The maximum atomic E-state index is 4.43. The predicted octanol–water partition coefficient (Wildman–Crippen LogP) is 2.35. The van der Waals surface area contributed by atoms with E-state index in [1.807, 2.05) is 36.7 Å². The van der Waals surface area contributed by atoms with Crippen molar-refractivity contribution in [2.24, 2.45) is 4.99 Å². The summed E-state index contributed by atoms with van der Waals surface area (Å²) in [6.07, 6.45) is 1.85. The summed E-state index contributed by atoms with van der Waals surface area (Å²) < 4.78 is 0. The Hall–Kier alpha value is -2.08. The standard InChI is InChI=1S/C17H23N5S/c1-14-6-7-15(23-14)13-20-17(18-2)22-11-9-21(10-12-22)16-5-3-4-8-19-16/h3-8H,9-13H2,1-2H3,(H,18,20). The van der Waals surface area contributed by atoms with Gasteiger partial charge in [0.2, 0.25) is 0 Å². The first-order valence-electron chi connectivity index (χ1n) is 7.93. The van der Waals surface area contributed by atoms with E-state index in [2.05, 4.69) is 50.2 Å². The highest BCUT2D eigenvalue weighted by Gasteiger charge is 2.20. The number of hydrogen-bond donors (Lipinski definition) is 1. The maximum absolute atomic E-state index is 4.43. The normalized spacial score (nSPS) is 15.8. The molecular weight excluding hydrogens is 306 g/mol. The summed E-state index contributed by atoms with van der Waals surface area (Å²) in [7, 11) is 1.85. The number of anilines is 1. The molecule has 3 rings (SSSR count). The number of aromatic nitrogens is 1. The molecular formula is C17H23N5S. The van der Waals surface area contributed by atoms with E-state index < -0.39 is 0 Å². The minimum Gasteiger partial charge on any atom is -0.353 e. The first-order chi connectivity index (χ1) is 11.3. The van der Waals surface area contributed by atoms with Crippen LogP contribution in [0.2, 0.25) is 0 Å². The molecule has 0 bridgehead atoms. The van der Waals surface area contributed by atoms with Crippen molar-refractivity contribution in [3.05, 3.63) is 46.3 Å². The maximum Gasteiger partial charge on any atom is 0.194 e. The van der Waals surface area contributed by atoms with E-state index in [-0.39, 0.29) is 0 Å². The van der Waals surface area contributed by atoms with Crippen molar-refractivity contribution in [3.63, 3.8) is 0 Å². The Balaban J connectivity index is 1.53. The predicted molar refractivity (Wildman–Crippen MR) is 97.3 cm³/mol. The highest BCUT2D eigenvalue weighted by molar-refractivity contribution is 7.11. The first kappa shape index (κ1) is 15.8. The number of guanidine groups is 1. The molecule has 1 aliphatic rings. The third-order valence-corrected chi connectivity index (χ3v) is 4.98. The molecule has 0 spiro atoms. The van der Waals surface area contributed by atoms with Crippen molar-refractivity contribution in [3.8, 4) is 0 Å². The third kappa shape index (κ3) is 4.01. The van der Waals surface area contributed by atoms with Crippen LogP contribution in [0.5, 0.6) is 0 Å². The SMILES string of the molecule is CN=C(NCc1ccc(C)s1)N1CCN(c2ccccn2)CC1. The highest BCUT2D eigenvalue weighted by atomic mass is 32.1. The Morgan fingerprint density at radius 3 is 2.65 bits per heavy atom. The van der Waals surface area contributed by atoms with Gasteiger partial charge in [-0.05, 0) is 31.2 Å². The molecule has 0 aliphatic carbocycles. The Labute approximate surface area is 141 Å². The molecule has 5 nitrogen and oxygen atoms in total. The van der Waals surface area contributed by atoms with Crippen molar-refractivity contribution in [1.29, 1.82) is 0 Å². The van der Waals surface area contributed by atoms with Crippen molar-refractivity contribution in [2.45, 2.75) is 13.5 Å². The monoisotopic (exact) mass is 329 g/mol. The molecule has 0 saturated carbocycles. The Morgan fingerprint density at radius 2 is 2.04 bits per heavy atom. The topological polar surface area (TPSA) is 43.8 Å². The van der Waals surface area contributed by atoms with Gasteiger partial charge in [0.1, 0.15) is 5.82 Å². The molecule has 2 aromatic rings. The van der Waals surface area contributed by atoms with Gasteiger partial charge >= 0.3 is 0 Å². The van der Waals surface area contributed by atoms with Gasteiger partial charge in [-0.15, -0.1) is 11.3 Å². The Kier molecular flexibility index (Phi) is 5.12. The summed E-state index contributed by atoms with van der Waals surface area (Å²) in [4.78, 5) is 16.2. The van der Waals surface area contributed by atoms with Gasteiger partial charge in [0, 0.05) is 49.2 Å². The molecule has 1 aliphatic heterocycles. The van der Waals surface area contributed by atoms with Crippen LogP contribution in [-0.2, 0) is 6.54 Å². The zero-order chi connectivity index (χ0) is 16.1. The van der Waals surface area contributed by atoms with Gasteiger partial charge < -0.3 is 15.1 Å². The van der Waals surface area contributed by atoms with E-state index >= 15 is 0 Å². The van der Waals surface area contributed by atoms with Crippen LogP contribution in [-0.4, -0.2) is 49.1 Å². The van der Waals surface area contributed by atoms with Crippen molar-refractivity contribution < 1.29 is 0 Å². The van der Waals surface area contributed by atoms with Gasteiger partial charge in [-0.3, -0.25) is 4.99 Å². The van der Waals surface area contributed by atoms with Crippen LogP contribution in [0.3, 0.4) is 0 Å². The molecule has 122 valence electrons. The second kappa shape index (κ2) is 7.46. The Morgan fingerprint density at radius 1 is 1.22 bits per heavy atom. The third-order valence-electron chi connectivity index (χ3n) is 3.98. The summed E-state index contributed by atoms with van der Waals surface area (Å²) in [5.41, 5.74) is 0. The van der Waals surface area contributed by atoms with Gasteiger partial charge in [-0.1, -0.05) is 6.07 Å². The zero-order valence-corrected chi connectivity index (χ0v) is 14.5. The van der Waals surface area contributed by atoms with Crippen molar-refractivity contribution in [1.82, 2.24) is 15.2 Å². The van der Waals surface area contributed by atoms with Crippen LogP contribution < -0.4 is 10.2 Å². The Bertz CT molecular complexity index is 644. The average Bonchev–Trinajstić information content (AvgIpc) is 3.02. The van der Waals surface area contributed by atoms with E-state index in [1.54, 1.807) is 0 Å². The molecule has 0 amide bonds. The van der Waals surface area contributed by atoms with Crippen LogP contribution in [0, 0.1) is 6.92 Å². The van der Waals surface area contributed by atoms with Crippen LogP contribution >= 0.6 is 11.3 Å². The van der Waals surface area contributed by atoms with E-state index in [4.69, 9.17) is 0 Å². The molecule has 1 saturated heterocycles. The van der Waals surface area contributed by atoms with Gasteiger partial charge in [-0.2, -0.15) is 0 Å². The van der Waals surface area contributed by atoms with Gasteiger partial charge in [0.25, 0.3) is 0 Å². The summed E-state index contributed by atoms with van der Waals surface area (Å²) in [5.74, 6) is 2.04. The number of nitrogens with zero attached hydrogens (tertiary/aromatic N) is 4. The number of piperazine rings is 1. The molecule has 6 heteroatoms. The highest BCUT2D eigenvalue weighted by Crippen LogP contribution is 2.15. The van der Waals surface area contributed by atoms with E-state index in [0.29, 0.717) is 0 Å². The largest absolute Gasteiger partial charge is 0.353 e. The second-order valence-electron chi connectivity index (χ2n) is 5.58. The minimum atomic E-state index is 0.839. The van der Waals surface area contributed by atoms with Crippen LogP contribution in [0.15, 0.2) is 41.5 Å². The van der Waals surface area contributed by atoms with Gasteiger partial charge in [0.15, 0.2) is 5.96 Å². The molecule has 1 fully saturated rings. The van der Waals surface area contributed by atoms with Crippen molar-refractivity contribution in [2.75, 3.05) is 38.1 Å². The quantitative estimate of drug-likeness (QED) is 0.693. The second-order valence-corrected chi connectivity index (χ2v) is 6.95. The number of pyridine rings is 1. The average molecular weight is 329 g/mol. The molecule has 0 atom stereocenters. The molecule has 0 aromatic carbocycles.